The van der Waals surface area contributed by atoms with E-state index in [1.807, 2.05) is 47.8 Å². The molecule has 3 saturated heterocycles. The molecule has 0 amide bonds. The number of phenols is 2. The topological polar surface area (TPSA) is 190 Å². The smallest absolute Gasteiger partial charge is 0.336 e. The van der Waals surface area contributed by atoms with E-state index in [0.29, 0.717) is 45.5 Å². The van der Waals surface area contributed by atoms with E-state index in [-0.39, 0.29) is 49.4 Å². The number of phenolic OH excluding ortho intramolecular Hbond substituents is 2. The van der Waals surface area contributed by atoms with Crippen molar-refractivity contribution >= 4 is 71.2 Å². The zero-order valence-corrected chi connectivity index (χ0v) is 84.6. The highest BCUT2D eigenvalue weighted by atomic mass is 28.5. The maximum absolute atomic E-state index is 12.1. The van der Waals surface area contributed by atoms with Crippen molar-refractivity contribution in [2.45, 2.75) is 166 Å². The lowest BCUT2D eigenvalue weighted by atomic mass is 9.67. The van der Waals surface area contributed by atoms with E-state index < -0.39 is 88.8 Å². The van der Waals surface area contributed by atoms with Crippen LogP contribution in [0.15, 0.2) is 309 Å². The summed E-state index contributed by atoms with van der Waals surface area (Å²) in [6, 6.07) is 69.1. The number of hydrogen-bond acceptors (Lipinski definition) is 13. The molecule has 127 heavy (non-hydrogen) atoms. The van der Waals surface area contributed by atoms with Gasteiger partial charge in [0.25, 0.3) is 0 Å². The Labute approximate surface area is 763 Å². The van der Waals surface area contributed by atoms with Gasteiger partial charge in [-0.2, -0.15) is 0 Å². The minimum atomic E-state index is -1.71. The van der Waals surface area contributed by atoms with E-state index >= 15 is 0 Å². The maximum Gasteiger partial charge on any atom is 0.336 e. The highest BCUT2D eigenvalue weighted by Crippen LogP contribution is 2.59. The molecule has 3 aliphatic heterocycles. The predicted octanol–water partition coefficient (Wildman–Crippen LogP) is 18.5. The second-order valence-corrected chi connectivity index (χ2v) is 58.0. The molecule has 1 aromatic heterocycles. The van der Waals surface area contributed by atoms with Gasteiger partial charge in [0.15, 0.2) is 34.7 Å². The van der Waals surface area contributed by atoms with Crippen LogP contribution >= 0.6 is 0 Å². The molecule has 0 bridgehead atoms. The minimum absolute atomic E-state index is 0.0562. The van der Waals surface area contributed by atoms with E-state index in [1.165, 1.54) is 67.8 Å². The molecule has 3 atom stereocenters. The van der Waals surface area contributed by atoms with Crippen LogP contribution in [-0.4, -0.2) is 136 Å². The van der Waals surface area contributed by atoms with Crippen molar-refractivity contribution < 1.29 is 46.2 Å². The fraction of sp³-hybridized carbons (Fsp3) is 0.298. The monoisotopic (exact) mass is 1830 g/mol. The molecule has 5 aliphatic rings. The van der Waals surface area contributed by atoms with Gasteiger partial charge in [-0.25, -0.2) is 28.1 Å². The Balaban J connectivity index is 0.000000173. The first-order valence-electron chi connectivity index (χ1n) is 44.1. The quantitative estimate of drug-likeness (QED) is 0.0220. The van der Waals surface area contributed by atoms with Crippen LogP contribution in [0.4, 0.5) is 0 Å². The fourth-order valence-corrected chi connectivity index (χ4v) is 34.3. The molecule has 0 spiro atoms. The van der Waals surface area contributed by atoms with Crippen LogP contribution in [0.5, 0.6) is 23.0 Å². The summed E-state index contributed by atoms with van der Waals surface area (Å²) in [5.41, 5.74) is 19.2. The van der Waals surface area contributed by atoms with Gasteiger partial charge in [0.1, 0.15) is 48.4 Å². The molecule has 15 rings (SSSR count). The number of ether oxygens (including phenoxy) is 5. The van der Waals surface area contributed by atoms with E-state index in [9.17, 15) is 24.6 Å². The second kappa shape index (κ2) is 44.7. The number of hydrogen-bond donors (Lipinski definition) is 2. The first kappa shape index (κ1) is 99.0. The Morgan fingerprint density at radius 2 is 0.685 bits per heavy atom. The molecule has 0 saturated carbocycles. The number of aromatic hydroxyl groups is 2. The maximum atomic E-state index is 12.1. The lowest BCUT2D eigenvalue weighted by Crippen LogP contribution is -2.54. The van der Waals surface area contributed by atoms with Gasteiger partial charge in [0.2, 0.25) is 0 Å². The summed E-state index contributed by atoms with van der Waals surface area (Å²) >= 11 is 0. The van der Waals surface area contributed by atoms with Crippen molar-refractivity contribution in [1.82, 2.24) is 13.7 Å². The minimum Gasteiger partial charge on any atom is -0.508 e. The largest absolute Gasteiger partial charge is 0.508 e. The molecule has 23 heteroatoms. The number of fused-ring (bicyclic) bond motifs is 6. The molecule has 16 nitrogen and oxygen atoms in total. The number of epoxide rings is 3. The Bertz CT molecular complexity index is 5400. The Morgan fingerprint density at radius 3 is 0.969 bits per heavy atom. The summed E-state index contributed by atoms with van der Waals surface area (Å²) in [4.78, 5) is 36.2. The van der Waals surface area contributed by atoms with Gasteiger partial charge < -0.3 is 46.2 Å². The highest BCUT2D eigenvalue weighted by molar-refractivity contribution is 6.89. The van der Waals surface area contributed by atoms with Gasteiger partial charge in [-0.05, 0) is 204 Å². The van der Waals surface area contributed by atoms with Crippen LogP contribution in [0, 0.1) is 0 Å². The van der Waals surface area contributed by atoms with Crippen LogP contribution in [0.3, 0.4) is 0 Å². The SMILES string of the molecule is C=CCc1cc(C2(c3ccc(O)c(CC=C)c3)c3ccccc3-c3ccccc32)ccc1O.C=CCc1cc(C2(c3ccc(OCC4CO4)c(CC=C)c3)c3ccccc3-c3ccccc32)ccc1OCC1CO1.C=CCn1c(=O)n(CC=C)c(=O)n(CC2CO2)c1=O.C=C[Si](C)(C)O[Si](C)(C)C=C.C[SiH](C)O[Si](C)(C)O[SiH](C)C.C[SiH](C)c1ccc([SiH](C)C)cc1. The molecule has 10 aromatic rings. The van der Waals surface area contributed by atoms with Crippen LogP contribution in [-0.2, 0) is 82.7 Å². The van der Waals surface area contributed by atoms with Crippen molar-refractivity contribution in [2.24, 2.45) is 0 Å². The first-order valence-corrected chi connectivity index (χ1v) is 64.3. The Hall–Kier alpha value is -10.2. The zero-order chi connectivity index (χ0) is 92.1. The third-order valence-electron chi connectivity index (χ3n) is 22.6. The average molecular weight is 1830 g/mol. The predicted molar refractivity (Wildman–Crippen MR) is 544 cm³/mol. The lowest BCUT2D eigenvalue weighted by Gasteiger charge is -2.35. The molecule has 668 valence electrons. The lowest BCUT2D eigenvalue weighted by molar-refractivity contribution is 0.261. The van der Waals surface area contributed by atoms with Crippen molar-refractivity contribution in [3.63, 3.8) is 0 Å². The van der Waals surface area contributed by atoms with E-state index in [4.69, 9.17) is 36.0 Å². The Kier molecular flexibility index (Phi) is 34.8. The summed E-state index contributed by atoms with van der Waals surface area (Å²) in [6.07, 6.45) is 13.2. The number of allylic oxidation sites excluding steroid dienone is 6. The zero-order valence-electron chi connectivity index (χ0n) is 77.0. The summed E-state index contributed by atoms with van der Waals surface area (Å²) in [7, 11) is -7.79. The van der Waals surface area contributed by atoms with Crippen molar-refractivity contribution in [3.05, 3.63) is 393 Å². The van der Waals surface area contributed by atoms with E-state index in [1.54, 1.807) is 22.5 Å². The van der Waals surface area contributed by atoms with Crippen molar-refractivity contribution in [1.29, 1.82) is 0 Å². The third kappa shape index (κ3) is 24.6. The molecule has 9 aromatic carbocycles. The average Bonchev–Trinajstić information content (AvgIpc) is 1.58. The molecule has 2 aliphatic carbocycles. The van der Waals surface area contributed by atoms with Crippen LogP contribution in [0.1, 0.15) is 66.8 Å². The highest BCUT2D eigenvalue weighted by Gasteiger charge is 2.49. The number of nitrogens with zero attached hydrogens (tertiary/aromatic N) is 3. The number of benzene rings is 9. The van der Waals surface area contributed by atoms with E-state index in [2.05, 4.69) is 314 Å². The summed E-state index contributed by atoms with van der Waals surface area (Å²) in [6.45, 7) is 65.0. The summed E-state index contributed by atoms with van der Waals surface area (Å²) < 4.78 is 48.8. The summed E-state index contributed by atoms with van der Waals surface area (Å²) in [5, 5.41) is 24.2. The van der Waals surface area contributed by atoms with Gasteiger partial charge in [0, 0.05) is 0 Å². The molecule has 4 heterocycles. The third-order valence-corrected chi connectivity index (χ3v) is 40.6. The van der Waals surface area contributed by atoms with Gasteiger partial charge in [-0.3, -0.25) is 0 Å². The molecule has 3 unspecified atom stereocenters. The van der Waals surface area contributed by atoms with E-state index in [0.717, 1.165) is 71.8 Å². The Morgan fingerprint density at radius 1 is 0.394 bits per heavy atom. The second-order valence-electron chi connectivity index (χ2n) is 35.2. The number of rotatable bonds is 34. The molecular weight excluding hydrogens is 1700 g/mol. The standard InChI is InChI=1S/C37H34O4.C31H26O2.C12H15N3O4.C10H18Si2.C8H18OSi2.C6H20O2Si3/c1-3-9-25-19-27(15-17-35(25)40-23-29-21-38-29)37(33-13-7-5-11-31(33)32-12-6-8-14-34(32)37)28-16-18-36(26(20-28)10-4-2)41-24-30-22-39-30;1-3-9-21-19-23(15-17-29(21)32)31(24-16-18-30(33)22(20-24)10-4-2)27-13-7-5-11-25(27)26-12-6-8-14-28(26)31;1-3-5-13-10(16)14(6-4-2)12(18)15(11(13)17)7-9-8-19-9;1-11(2)9-5-7-10(8-6-9)12(3)4;1-7-10(3,4)9-11(5,6)8-2;1-9(2)7-11(5,6)8-10(3)4/h3-8,11-20,29-30H,1-2,9-10,21-24H2;3-8,11-20,32-33H,1-2,9-10H2;3-4,9H,1-2,5-8H2;5-8,11-12H,1-4H3;7-8H,1-2H2,3-6H3;9-10H,1-6H3. The van der Waals surface area contributed by atoms with Crippen molar-refractivity contribution in [3.8, 4) is 45.3 Å². The van der Waals surface area contributed by atoms with Crippen LogP contribution in [0.25, 0.3) is 22.3 Å². The van der Waals surface area contributed by atoms with Gasteiger partial charge in [0.05, 0.1) is 74.0 Å². The van der Waals surface area contributed by atoms with Gasteiger partial charge in [-0.1, -0.05) is 254 Å². The normalized spacial score (nSPS) is 15.5. The van der Waals surface area contributed by atoms with Crippen molar-refractivity contribution in [2.75, 3.05) is 33.0 Å². The first-order chi connectivity index (χ1) is 60.7. The number of aromatic nitrogens is 3. The molecule has 2 N–H and O–H groups in total. The van der Waals surface area contributed by atoms with Gasteiger partial charge in [-0.15, -0.1) is 52.6 Å². The van der Waals surface area contributed by atoms with Gasteiger partial charge >= 0.3 is 25.6 Å². The fourth-order valence-electron chi connectivity index (χ4n) is 16.5. The molecule has 3 fully saturated rings. The van der Waals surface area contributed by atoms with Crippen LogP contribution < -0.4 is 36.9 Å². The molecular formula is C104H131N3O13Si7. The van der Waals surface area contributed by atoms with Crippen LogP contribution in [0.2, 0.25) is 91.7 Å². The molecule has 0 radical (unpaired) electrons. The summed E-state index contributed by atoms with van der Waals surface area (Å²) in [5.74, 6) is 2.31.